The normalized spacial score (nSPS) is 15.2. The predicted octanol–water partition coefficient (Wildman–Crippen LogP) is -1.83. The highest BCUT2D eigenvalue weighted by atomic mass is 16.4. The van der Waals surface area contributed by atoms with Crippen molar-refractivity contribution in [2.75, 3.05) is 0 Å². The van der Waals surface area contributed by atoms with Crippen molar-refractivity contribution in [3.05, 3.63) is 48.0 Å². The minimum atomic E-state index is -1.40. The first-order valence-corrected chi connectivity index (χ1v) is 10.8. The Bertz CT molecular complexity index is 1010. The van der Waals surface area contributed by atoms with Gasteiger partial charge in [0.2, 0.25) is 17.7 Å². The molecule has 9 N–H and O–H groups in total. The van der Waals surface area contributed by atoms with Crippen molar-refractivity contribution >= 4 is 23.7 Å². The van der Waals surface area contributed by atoms with Crippen LogP contribution in [0.3, 0.4) is 0 Å². The molecule has 0 bridgehead atoms. The summed E-state index contributed by atoms with van der Waals surface area (Å²) in [4.78, 5) is 56.3. The number of carbonyl (C=O) groups is 4. The van der Waals surface area contributed by atoms with Gasteiger partial charge in [-0.15, -0.1) is 0 Å². The summed E-state index contributed by atoms with van der Waals surface area (Å²) < 4.78 is 0. The van der Waals surface area contributed by atoms with Gasteiger partial charge in [0.05, 0.1) is 18.5 Å². The fourth-order valence-electron chi connectivity index (χ4n) is 3.12. The lowest BCUT2D eigenvalue weighted by Gasteiger charge is -2.26. The van der Waals surface area contributed by atoms with Gasteiger partial charge in [0.25, 0.3) is 0 Å². The number of amides is 3. The van der Waals surface area contributed by atoms with Crippen molar-refractivity contribution in [3.63, 3.8) is 0 Å². The molecule has 190 valence electrons. The summed E-state index contributed by atoms with van der Waals surface area (Å²) in [7, 11) is 0. The first-order valence-electron chi connectivity index (χ1n) is 10.8. The molecular weight excluding hydrogens is 460 g/mol. The molecular formula is C22H30N6O7. The smallest absolute Gasteiger partial charge is 0.326 e. The average molecular weight is 491 g/mol. The number of phenols is 1. The van der Waals surface area contributed by atoms with E-state index in [0.717, 1.165) is 0 Å². The number of aliphatic carboxylic acids is 1. The number of nitrogens with one attached hydrogen (secondary N) is 4. The highest BCUT2D eigenvalue weighted by Gasteiger charge is 2.32. The summed E-state index contributed by atoms with van der Waals surface area (Å²) in [5.41, 5.74) is 6.54. The van der Waals surface area contributed by atoms with E-state index in [1.165, 1.54) is 50.6 Å². The monoisotopic (exact) mass is 490 g/mol. The summed E-state index contributed by atoms with van der Waals surface area (Å²) in [5, 5.41) is 36.2. The van der Waals surface area contributed by atoms with Crippen molar-refractivity contribution < 1.29 is 34.5 Å². The van der Waals surface area contributed by atoms with E-state index in [-0.39, 0.29) is 18.6 Å². The molecule has 5 atom stereocenters. The number of aromatic amines is 1. The van der Waals surface area contributed by atoms with Crippen molar-refractivity contribution in [2.24, 2.45) is 5.73 Å². The fourth-order valence-corrected chi connectivity index (χ4v) is 3.12. The number of benzene rings is 1. The molecule has 0 aliphatic rings. The number of aliphatic hydroxyl groups excluding tert-OH is 1. The van der Waals surface area contributed by atoms with Crippen molar-refractivity contribution in [1.29, 1.82) is 0 Å². The topological polar surface area (TPSA) is 220 Å². The van der Waals surface area contributed by atoms with E-state index in [4.69, 9.17) is 5.73 Å². The summed E-state index contributed by atoms with van der Waals surface area (Å²) in [6, 6.07) is 0.887. The molecule has 3 amide bonds. The Kier molecular flexibility index (Phi) is 9.73. The average Bonchev–Trinajstić information content (AvgIpc) is 3.30. The van der Waals surface area contributed by atoms with Crippen LogP contribution in [-0.2, 0) is 32.0 Å². The van der Waals surface area contributed by atoms with Crippen LogP contribution in [0, 0.1) is 0 Å². The molecule has 2 rings (SSSR count). The molecule has 0 fully saturated rings. The number of hydrogen-bond acceptors (Lipinski definition) is 8. The maximum Gasteiger partial charge on any atom is 0.326 e. The molecule has 35 heavy (non-hydrogen) atoms. The molecule has 0 aliphatic carbocycles. The van der Waals surface area contributed by atoms with Crippen LogP contribution < -0.4 is 21.7 Å². The van der Waals surface area contributed by atoms with E-state index in [1.54, 1.807) is 0 Å². The number of aromatic hydroxyl groups is 1. The third-order valence-corrected chi connectivity index (χ3v) is 5.08. The molecule has 5 unspecified atom stereocenters. The molecule has 13 nitrogen and oxygen atoms in total. The van der Waals surface area contributed by atoms with Crippen LogP contribution >= 0.6 is 0 Å². The number of nitrogens with two attached hydrogens (primary N) is 1. The Labute approximate surface area is 201 Å². The van der Waals surface area contributed by atoms with Gasteiger partial charge in [-0.2, -0.15) is 0 Å². The summed E-state index contributed by atoms with van der Waals surface area (Å²) in [6.07, 6.45) is 1.35. The van der Waals surface area contributed by atoms with E-state index in [0.29, 0.717) is 11.3 Å². The van der Waals surface area contributed by atoms with Gasteiger partial charge in [0, 0.05) is 24.7 Å². The highest BCUT2D eigenvalue weighted by Crippen LogP contribution is 2.12. The molecule has 0 spiro atoms. The minimum Gasteiger partial charge on any atom is -0.508 e. The Morgan fingerprint density at radius 2 is 1.60 bits per heavy atom. The number of carboxylic acids is 1. The Morgan fingerprint density at radius 3 is 2.11 bits per heavy atom. The molecule has 2 aromatic rings. The second kappa shape index (κ2) is 12.5. The number of aliphatic hydroxyl groups is 1. The van der Waals surface area contributed by atoms with Crippen LogP contribution in [0.5, 0.6) is 5.75 Å². The lowest BCUT2D eigenvalue weighted by Crippen LogP contribution is -2.60. The highest BCUT2D eigenvalue weighted by molar-refractivity contribution is 5.94. The van der Waals surface area contributed by atoms with Crippen molar-refractivity contribution in [3.8, 4) is 5.75 Å². The number of aromatic nitrogens is 2. The quantitative estimate of drug-likeness (QED) is 0.167. The van der Waals surface area contributed by atoms with Crippen LogP contribution in [0.1, 0.15) is 25.1 Å². The number of imidazole rings is 1. The number of nitrogens with zero attached hydrogens (tertiary/aromatic N) is 1. The number of carboxylic acid groups (broad SMARTS) is 1. The number of hydrogen-bond donors (Lipinski definition) is 8. The predicted molar refractivity (Wildman–Crippen MR) is 123 cm³/mol. The van der Waals surface area contributed by atoms with Gasteiger partial charge in [-0.1, -0.05) is 12.1 Å². The van der Waals surface area contributed by atoms with E-state index in [9.17, 15) is 34.5 Å². The zero-order chi connectivity index (χ0) is 26.1. The Hall–Kier alpha value is -3.97. The molecule has 0 aliphatic heterocycles. The third-order valence-electron chi connectivity index (χ3n) is 5.08. The van der Waals surface area contributed by atoms with E-state index in [1.807, 2.05) is 0 Å². The van der Waals surface area contributed by atoms with Crippen LogP contribution in [0.2, 0.25) is 0 Å². The second-order valence-corrected chi connectivity index (χ2v) is 8.13. The maximum atomic E-state index is 13.1. The SMILES string of the molecule is CC(N)C(=O)NC(C(=O)NC(Cc1cnc[nH]1)C(=O)NC(Cc1ccc(O)cc1)C(=O)O)C(C)O. The van der Waals surface area contributed by atoms with Gasteiger partial charge in [-0.3, -0.25) is 14.4 Å². The second-order valence-electron chi connectivity index (χ2n) is 8.13. The van der Waals surface area contributed by atoms with Crippen LogP contribution in [0.15, 0.2) is 36.8 Å². The van der Waals surface area contributed by atoms with Crippen LogP contribution in [-0.4, -0.2) is 79.2 Å². The van der Waals surface area contributed by atoms with E-state index >= 15 is 0 Å². The van der Waals surface area contributed by atoms with Gasteiger partial charge in [-0.05, 0) is 31.5 Å². The lowest BCUT2D eigenvalue weighted by atomic mass is 10.0. The van der Waals surface area contributed by atoms with Gasteiger partial charge >= 0.3 is 5.97 Å². The van der Waals surface area contributed by atoms with Crippen LogP contribution in [0.4, 0.5) is 0 Å². The zero-order valence-electron chi connectivity index (χ0n) is 19.3. The standard InChI is InChI=1S/C22H30N6O7/c1-11(23)19(31)28-18(12(2)29)21(33)26-16(8-14-9-24-10-25-14)20(32)27-17(22(34)35)7-13-3-5-15(30)6-4-13/h3-6,9-12,16-18,29-30H,7-8,23H2,1-2H3,(H,24,25)(H,26,33)(H,27,32)(H,28,31)(H,34,35). The minimum absolute atomic E-state index is 0.00998. The first-order chi connectivity index (χ1) is 16.5. The largest absolute Gasteiger partial charge is 0.508 e. The summed E-state index contributed by atoms with van der Waals surface area (Å²) in [5.74, 6) is -3.64. The van der Waals surface area contributed by atoms with E-state index in [2.05, 4.69) is 25.9 Å². The molecule has 0 radical (unpaired) electrons. The van der Waals surface area contributed by atoms with Crippen molar-refractivity contribution in [2.45, 2.75) is 57.0 Å². The number of phenolic OH excluding ortho intramolecular Hbond substituents is 1. The Balaban J connectivity index is 2.20. The molecule has 13 heteroatoms. The van der Waals surface area contributed by atoms with Gasteiger partial charge in [0.1, 0.15) is 23.9 Å². The van der Waals surface area contributed by atoms with Crippen molar-refractivity contribution in [1.82, 2.24) is 25.9 Å². The third kappa shape index (κ3) is 8.39. The van der Waals surface area contributed by atoms with Gasteiger partial charge in [-0.25, -0.2) is 9.78 Å². The molecule has 1 aromatic heterocycles. The fraction of sp³-hybridized carbons (Fsp3) is 0.409. The molecule has 0 saturated heterocycles. The molecule has 1 aromatic carbocycles. The first kappa shape index (κ1) is 27.3. The zero-order valence-corrected chi connectivity index (χ0v) is 19.3. The van der Waals surface area contributed by atoms with Gasteiger partial charge < -0.3 is 42.0 Å². The molecule has 1 heterocycles. The maximum absolute atomic E-state index is 13.1. The van der Waals surface area contributed by atoms with Crippen LogP contribution in [0.25, 0.3) is 0 Å². The number of carbonyl (C=O) groups excluding carboxylic acids is 3. The summed E-state index contributed by atoms with van der Waals surface area (Å²) >= 11 is 0. The van der Waals surface area contributed by atoms with Gasteiger partial charge in [0.15, 0.2) is 0 Å². The number of H-pyrrole nitrogens is 1. The number of rotatable bonds is 12. The Morgan fingerprint density at radius 1 is 0.971 bits per heavy atom. The molecule has 0 saturated carbocycles. The lowest BCUT2D eigenvalue weighted by molar-refractivity contribution is -0.142. The van der Waals surface area contributed by atoms with E-state index < -0.39 is 54.0 Å². The summed E-state index contributed by atoms with van der Waals surface area (Å²) in [6.45, 7) is 2.69.